The summed E-state index contributed by atoms with van der Waals surface area (Å²) in [5.41, 5.74) is 0.329. The molecular weight excluding hydrogens is 182 g/mol. The summed E-state index contributed by atoms with van der Waals surface area (Å²) < 4.78 is 0. The number of hydrogen-bond donors (Lipinski definition) is 2. The highest BCUT2D eigenvalue weighted by Crippen LogP contribution is 1.88. The first-order valence-electron chi connectivity index (χ1n) is 4.49. The second-order valence-electron chi connectivity index (χ2n) is 3.27. The van der Waals surface area contributed by atoms with Gasteiger partial charge in [-0.15, -0.1) is 0 Å². The fourth-order valence-electron chi connectivity index (χ4n) is 0.999. The van der Waals surface area contributed by atoms with E-state index in [2.05, 4.69) is 25.6 Å². The Kier molecular flexibility index (Phi) is 4.06. The Morgan fingerprint density at radius 3 is 3.00 bits per heavy atom. The molecular formula is C8H15N5O. The summed E-state index contributed by atoms with van der Waals surface area (Å²) in [6.45, 7) is 1.61. The van der Waals surface area contributed by atoms with Gasteiger partial charge in [0.2, 0.25) is 0 Å². The highest BCUT2D eigenvalue weighted by atomic mass is 16.1. The standard InChI is InChI=1S/C8H15N5O/c1-13(2)5-3-4-9-8(14)7-6-10-12-11-7/h6H,3-5H2,1-2H3,(H,9,14)(H,10,11,12). The molecule has 6 nitrogen and oxygen atoms in total. The van der Waals surface area contributed by atoms with Crippen molar-refractivity contribution in [2.24, 2.45) is 0 Å². The number of amides is 1. The lowest BCUT2D eigenvalue weighted by Crippen LogP contribution is -2.27. The summed E-state index contributed by atoms with van der Waals surface area (Å²) in [5, 5.41) is 12.4. The molecule has 0 saturated heterocycles. The molecule has 0 unspecified atom stereocenters. The number of aromatic nitrogens is 3. The molecule has 1 aromatic heterocycles. The van der Waals surface area contributed by atoms with Gasteiger partial charge in [0.15, 0.2) is 5.69 Å². The van der Waals surface area contributed by atoms with Crippen molar-refractivity contribution in [2.45, 2.75) is 6.42 Å². The van der Waals surface area contributed by atoms with E-state index in [1.54, 1.807) is 0 Å². The van der Waals surface area contributed by atoms with Gasteiger partial charge in [-0.3, -0.25) is 4.79 Å². The van der Waals surface area contributed by atoms with E-state index < -0.39 is 0 Å². The van der Waals surface area contributed by atoms with Crippen LogP contribution in [-0.4, -0.2) is 53.4 Å². The molecule has 0 radical (unpaired) electrons. The molecule has 1 amide bonds. The summed E-state index contributed by atoms with van der Waals surface area (Å²) in [6.07, 6.45) is 2.33. The van der Waals surface area contributed by atoms with Crippen LogP contribution in [0.1, 0.15) is 16.9 Å². The van der Waals surface area contributed by atoms with E-state index in [0.717, 1.165) is 13.0 Å². The normalized spacial score (nSPS) is 10.5. The minimum absolute atomic E-state index is 0.183. The van der Waals surface area contributed by atoms with Crippen molar-refractivity contribution < 1.29 is 4.79 Å². The van der Waals surface area contributed by atoms with Crippen LogP contribution in [0.25, 0.3) is 0 Å². The van der Waals surface area contributed by atoms with Crippen LogP contribution in [0, 0.1) is 0 Å². The van der Waals surface area contributed by atoms with Crippen LogP contribution in [0.15, 0.2) is 6.20 Å². The van der Waals surface area contributed by atoms with Crippen LogP contribution < -0.4 is 5.32 Å². The molecule has 78 valence electrons. The Hall–Kier alpha value is -1.43. The monoisotopic (exact) mass is 197 g/mol. The Morgan fingerprint density at radius 1 is 1.64 bits per heavy atom. The minimum Gasteiger partial charge on any atom is -0.351 e. The lowest BCUT2D eigenvalue weighted by Gasteiger charge is -2.08. The van der Waals surface area contributed by atoms with Crippen molar-refractivity contribution in [1.29, 1.82) is 0 Å². The van der Waals surface area contributed by atoms with Crippen molar-refractivity contribution in [3.63, 3.8) is 0 Å². The predicted octanol–water partition coefficient (Wildman–Crippen LogP) is -0.514. The van der Waals surface area contributed by atoms with Crippen LogP contribution in [0.3, 0.4) is 0 Å². The first-order valence-corrected chi connectivity index (χ1v) is 4.49. The van der Waals surface area contributed by atoms with Crippen LogP contribution in [0.5, 0.6) is 0 Å². The first kappa shape index (κ1) is 10.6. The van der Waals surface area contributed by atoms with Gasteiger partial charge in [0.05, 0.1) is 6.20 Å². The minimum atomic E-state index is -0.183. The molecule has 0 spiro atoms. The summed E-state index contributed by atoms with van der Waals surface area (Å²) in [7, 11) is 4.00. The fourth-order valence-corrected chi connectivity index (χ4v) is 0.999. The van der Waals surface area contributed by atoms with E-state index >= 15 is 0 Å². The molecule has 0 aromatic carbocycles. The molecule has 14 heavy (non-hydrogen) atoms. The zero-order chi connectivity index (χ0) is 10.4. The summed E-state index contributed by atoms with van der Waals surface area (Å²) in [4.78, 5) is 13.4. The maximum atomic E-state index is 11.3. The Balaban J connectivity index is 2.16. The fraction of sp³-hybridized carbons (Fsp3) is 0.625. The van der Waals surface area contributed by atoms with Gasteiger partial charge in [-0.05, 0) is 27.1 Å². The maximum Gasteiger partial charge on any atom is 0.273 e. The van der Waals surface area contributed by atoms with Crippen molar-refractivity contribution in [3.05, 3.63) is 11.9 Å². The molecule has 1 rings (SSSR count). The largest absolute Gasteiger partial charge is 0.351 e. The van der Waals surface area contributed by atoms with E-state index in [0.29, 0.717) is 12.2 Å². The van der Waals surface area contributed by atoms with E-state index in [4.69, 9.17) is 0 Å². The van der Waals surface area contributed by atoms with Gasteiger partial charge in [-0.2, -0.15) is 15.4 Å². The topological polar surface area (TPSA) is 73.9 Å². The van der Waals surface area contributed by atoms with Gasteiger partial charge < -0.3 is 10.2 Å². The third-order valence-electron chi connectivity index (χ3n) is 1.72. The van der Waals surface area contributed by atoms with Crippen molar-refractivity contribution in [2.75, 3.05) is 27.2 Å². The van der Waals surface area contributed by atoms with Crippen molar-refractivity contribution in [1.82, 2.24) is 25.6 Å². The van der Waals surface area contributed by atoms with Crippen LogP contribution in [0.4, 0.5) is 0 Å². The number of nitrogens with one attached hydrogen (secondary N) is 2. The smallest absolute Gasteiger partial charge is 0.273 e. The molecule has 0 bridgehead atoms. The van der Waals surface area contributed by atoms with E-state index in [1.807, 2.05) is 14.1 Å². The second kappa shape index (κ2) is 5.33. The number of H-pyrrole nitrogens is 1. The van der Waals surface area contributed by atoms with E-state index in [-0.39, 0.29) is 5.91 Å². The quantitative estimate of drug-likeness (QED) is 0.623. The molecule has 2 N–H and O–H groups in total. The molecule has 0 fully saturated rings. The second-order valence-corrected chi connectivity index (χ2v) is 3.27. The molecule has 0 aliphatic heterocycles. The average Bonchev–Trinajstić information content (AvgIpc) is 2.64. The maximum absolute atomic E-state index is 11.3. The van der Waals surface area contributed by atoms with Crippen LogP contribution >= 0.6 is 0 Å². The Morgan fingerprint density at radius 2 is 2.43 bits per heavy atom. The number of hydrogen-bond acceptors (Lipinski definition) is 4. The molecule has 6 heteroatoms. The predicted molar refractivity (Wildman–Crippen MR) is 51.9 cm³/mol. The van der Waals surface area contributed by atoms with E-state index in [1.165, 1.54) is 6.20 Å². The molecule has 0 atom stereocenters. The van der Waals surface area contributed by atoms with Crippen molar-refractivity contribution >= 4 is 5.91 Å². The lowest BCUT2D eigenvalue weighted by atomic mass is 10.4. The van der Waals surface area contributed by atoms with Crippen LogP contribution in [-0.2, 0) is 0 Å². The zero-order valence-corrected chi connectivity index (χ0v) is 8.45. The summed E-state index contributed by atoms with van der Waals surface area (Å²) in [6, 6.07) is 0. The number of nitrogens with zero attached hydrogens (tertiary/aromatic N) is 3. The molecule has 1 heterocycles. The third kappa shape index (κ3) is 3.53. The van der Waals surface area contributed by atoms with Crippen LogP contribution in [0.2, 0.25) is 0 Å². The lowest BCUT2D eigenvalue weighted by molar-refractivity contribution is 0.0947. The number of carbonyl (C=O) groups is 1. The molecule has 1 aromatic rings. The third-order valence-corrected chi connectivity index (χ3v) is 1.72. The first-order chi connectivity index (χ1) is 6.70. The molecule has 0 aliphatic carbocycles. The summed E-state index contributed by atoms with van der Waals surface area (Å²) in [5.74, 6) is -0.183. The van der Waals surface area contributed by atoms with E-state index in [9.17, 15) is 4.79 Å². The average molecular weight is 197 g/mol. The number of aromatic amines is 1. The van der Waals surface area contributed by atoms with Gasteiger partial charge in [0.25, 0.3) is 5.91 Å². The zero-order valence-electron chi connectivity index (χ0n) is 8.45. The molecule has 0 saturated carbocycles. The Labute approximate surface area is 82.7 Å². The van der Waals surface area contributed by atoms with Gasteiger partial charge in [-0.25, -0.2) is 0 Å². The van der Waals surface area contributed by atoms with Gasteiger partial charge in [0.1, 0.15) is 0 Å². The summed E-state index contributed by atoms with van der Waals surface area (Å²) >= 11 is 0. The van der Waals surface area contributed by atoms with Gasteiger partial charge >= 0.3 is 0 Å². The number of carbonyl (C=O) groups excluding carboxylic acids is 1. The Bertz CT molecular complexity index is 269. The van der Waals surface area contributed by atoms with Gasteiger partial charge in [0, 0.05) is 6.54 Å². The molecule has 0 aliphatic rings. The SMILES string of the molecule is CN(C)CCCNC(=O)c1cn[nH]n1. The van der Waals surface area contributed by atoms with Gasteiger partial charge in [-0.1, -0.05) is 0 Å². The highest BCUT2D eigenvalue weighted by molar-refractivity contribution is 5.91. The van der Waals surface area contributed by atoms with Crippen molar-refractivity contribution in [3.8, 4) is 0 Å². The number of rotatable bonds is 5. The highest BCUT2D eigenvalue weighted by Gasteiger charge is 2.06.